The van der Waals surface area contributed by atoms with Gasteiger partial charge < -0.3 is 10.6 Å². The molecule has 90 valence electrons. The van der Waals surface area contributed by atoms with Gasteiger partial charge in [-0.2, -0.15) is 0 Å². The Labute approximate surface area is 97.4 Å². The van der Waals surface area contributed by atoms with Crippen molar-refractivity contribution in [2.45, 2.75) is 63.6 Å². The van der Waals surface area contributed by atoms with Gasteiger partial charge in [0.1, 0.15) is 0 Å². The summed E-state index contributed by atoms with van der Waals surface area (Å²) in [6, 6.07) is 0.358. The number of hydrogen-bond donors (Lipinski definition) is 2. The second-order valence-corrected chi connectivity index (χ2v) is 6.69. The first-order valence-corrected chi connectivity index (χ1v) is 6.45. The molecular formula is C13H22N2O. The van der Waals surface area contributed by atoms with Crippen molar-refractivity contribution in [3.63, 3.8) is 0 Å². The predicted octanol–water partition coefficient (Wildman–Crippen LogP) is 1.43. The Bertz CT molecular complexity index is 338. The Hall–Kier alpha value is -0.570. The van der Waals surface area contributed by atoms with E-state index in [1.807, 2.05) is 0 Å². The highest BCUT2D eigenvalue weighted by Crippen LogP contribution is 2.64. The Kier molecular flexibility index (Phi) is 1.86. The number of hydrogen-bond acceptors (Lipinski definition) is 2. The number of rotatable bonds is 2. The summed E-state index contributed by atoms with van der Waals surface area (Å²) in [6.07, 6.45) is 5.82. The van der Waals surface area contributed by atoms with Crippen molar-refractivity contribution in [3.05, 3.63) is 0 Å². The second-order valence-electron chi connectivity index (χ2n) is 6.69. The van der Waals surface area contributed by atoms with Crippen LogP contribution in [0.4, 0.5) is 0 Å². The highest BCUT2D eigenvalue weighted by atomic mass is 16.1. The van der Waals surface area contributed by atoms with Crippen molar-refractivity contribution < 1.29 is 4.79 Å². The van der Waals surface area contributed by atoms with Crippen LogP contribution in [0.3, 0.4) is 0 Å². The maximum absolute atomic E-state index is 10.7. The highest BCUT2D eigenvalue weighted by molar-refractivity contribution is 5.48. The Morgan fingerprint density at radius 3 is 2.38 bits per heavy atom. The van der Waals surface area contributed by atoms with Crippen LogP contribution in [0.2, 0.25) is 0 Å². The summed E-state index contributed by atoms with van der Waals surface area (Å²) in [4.78, 5) is 10.7. The normalized spacial score (nSPS) is 52.7. The van der Waals surface area contributed by atoms with Gasteiger partial charge in [-0.1, -0.05) is 13.8 Å². The van der Waals surface area contributed by atoms with Crippen LogP contribution in [0.25, 0.3) is 0 Å². The minimum absolute atomic E-state index is 0.206. The van der Waals surface area contributed by atoms with Gasteiger partial charge in [0.25, 0.3) is 0 Å². The molecule has 2 saturated carbocycles. The first-order chi connectivity index (χ1) is 7.46. The number of carbonyl (C=O) groups is 1. The average molecular weight is 222 g/mol. The Morgan fingerprint density at radius 2 is 2.00 bits per heavy atom. The summed E-state index contributed by atoms with van der Waals surface area (Å²) in [6.45, 7) is 7.14. The molecule has 3 aliphatic rings. The molecule has 0 aromatic carbocycles. The van der Waals surface area contributed by atoms with Gasteiger partial charge in [-0.25, -0.2) is 0 Å². The van der Waals surface area contributed by atoms with Gasteiger partial charge in [-0.3, -0.25) is 4.79 Å². The van der Waals surface area contributed by atoms with Gasteiger partial charge >= 0.3 is 0 Å². The average Bonchev–Trinajstić information content (AvgIpc) is 2.55. The standard InChI is InChI=1S/C13H22N2O/c1-11(2)9-4-6-12(11,3)15-13(9)7-5-10(13)14-8-16/h8-10,15H,4-7H2,1-3H3,(H,14,16). The molecule has 1 aliphatic heterocycles. The maximum Gasteiger partial charge on any atom is 0.207 e. The molecule has 3 fully saturated rings. The molecule has 0 aromatic heterocycles. The predicted molar refractivity (Wildman–Crippen MR) is 63.0 cm³/mol. The van der Waals surface area contributed by atoms with Crippen LogP contribution in [-0.4, -0.2) is 23.5 Å². The molecule has 2 aliphatic carbocycles. The highest BCUT2D eigenvalue weighted by Gasteiger charge is 2.70. The minimum atomic E-state index is 0.206. The lowest BCUT2D eigenvalue weighted by atomic mass is 9.60. The van der Waals surface area contributed by atoms with Gasteiger partial charge in [-0.05, 0) is 43.9 Å². The van der Waals surface area contributed by atoms with Gasteiger partial charge in [-0.15, -0.1) is 0 Å². The van der Waals surface area contributed by atoms with Crippen molar-refractivity contribution >= 4 is 6.41 Å². The molecule has 16 heavy (non-hydrogen) atoms. The van der Waals surface area contributed by atoms with Gasteiger partial charge in [0.15, 0.2) is 0 Å². The van der Waals surface area contributed by atoms with Gasteiger partial charge in [0, 0.05) is 17.1 Å². The minimum Gasteiger partial charge on any atom is -0.354 e. The molecule has 4 atom stereocenters. The van der Waals surface area contributed by atoms with E-state index in [1.165, 1.54) is 19.3 Å². The molecular weight excluding hydrogens is 200 g/mol. The maximum atomic E-state index is 10.7. The number of carbonyl (C=O) groups excluding carboxylic acids is 1. The van der Waals surface area contributed by atoms with Crippen LogP contribution < -0.4 is 10.6 Å². The monoisotopic (exact) mass is 222 g/mol. The second kappa shape index (κ2) is 2.81. The van der Waals surface area contributed by atoms with E-state index in [1.54, 1.807) is 0 Å². The van der Waals surface area contributed by atoms with E-state index in [2.05, 4.69) is 31.4 Å². The number of fused-ring (bicyclic) bond motifs is 3. The van der Waals surface area contributed by atoms with Crippen LogP contribution in [0.15, 0.2) is 0 Å². The SMILES string of the molecule is CC12CCC(C3(CCC3NC=O)N1)C2(C)C. The molecule has 2 bridgehead atoms. The third kappa shape index (κ3) is 0.922. The number of nitrogens with one attached hydrogen (secondary N) is 2. The lowest BCUT2D eigenvalue weighted by Crippen LogP contribution is -2.70. The summed E-state index contributed by atoms with van der Waals surface area (Å²) < 4.78 is 0. The molecule has 0 aromatic rings. The van der Waals surface area contributed by atoms with E-state index in [0.717, 1.165) is 18.7 Å². The van der Waals surface area contributed by atoms with Crippen molar-refractivity contribution in [1.82, 2.24) is 10.6 Å². The van der Waals surface area contributed by atoms with E-state index in [0.29, 0.717) is 11.5 Å². The summed E-state index contributed by atoms with van der Waals surface area (Å²) in [5, 5.41) is 6.89. The van der Waals surface area contributed by atoms with Crippen molar-refractivity contribution in [1.29, 1.82) is 0 Å². The zero-order chi connectivity index (χ0) is 11.6. The molecule has 1 amide bonds. The van der Waals surface area contributed by atoms with Crippen LogP contribution in [0.1, 0.15) is 46.5 Å². The molecule has 1 heterocycles. The first kappa shape index (κ1) is 10.6. The topological polar surface area (TPSA) is 41.1 Å². The smallest absolute Gasteiger partial charge is 0.207 e. The number of amides is 1. The van der Waals surface area contributed by atoms with E-state index in [-0.39, 0.29) is 11.1 Å². The fourth-order valence-electron chi connectivity index (χ4n) is 4.71. The largest absolute Gasteiger partial charge is 0.354 e. The van der Waals surface area contributed by atoms with E-state index in [9.17, 15) is 4.79 Å². The Morgan fingerprint density at radius 1 is 1.25 bits per heavy atom. The Balaban J connectivity index is 1.94. The molecule has 4 unspecified atom stereocenters. The van der Waals surface area contributed by atoms with E-state index < -0.39 is 0 Å². The molecule has 0 radical (unpaired) electrons. The molecule has 2 N–H and O–H groups in total. The van der Waals surface area contributed by atoms with Crippen molar-refractivity contribution in [2.75, 3.05) is 0 Å². The van der Waals surface area contributed by atoms with Crippen LogP contribution >= 0.6 is 0 Å². The van der Waals surface area contributed by atoms with Crippen LogP contribution in [-0.2, 0) is 4.79 Å². The van der Waals surface area contributed by atoms with Crippen molar-refractivity contribution in [2.24, 2.45) is 11.3 Å². The quantitative estimate of drug-likeness (QED) is 0.694. The van der Waals surface area contributed by atoms with Gasteiger partial charge in [0.05, 0.1) is 0 Å². The fourth-order valence-corrected chi connectivity index (χ4v) is 4.71. The zero-order valence-electron chi connectivity index (χ0n) is 10.5. The fraction of sp³-hybridized carbons (Fsp3) is 0.923. The summed E-state index contributed by atoms with van der Waals surface area (Å²) >= 11 is 0. The zero-order valence-corrected chi connectivity index (χ0v) is 10.5. The number of piperidine rings is 1. The third-order valence-electron chi connectivity index (χ3n) is 6.09. The van der Waals surface area contributed by atoms with Crippen molar-refractivity contribution in [3.8, 4) is 0 Å². The lowest BCUT2D eigenvalue weighted by Gasteiger charge is -2.53. The summed E-state index contributed by atoms with van der Waals surface area (Å²) in [5.41, 5.74) is 0.828. The van der Waals surface area contributed by atoms with Gasteiger partial charge in [0.2, 0.25) is 6.41 Å². The molecule has 1 saturated heterocycles. The summed E-state index contributed by atoms with van der Waals surface area (Å²) in [5.74, 6) is 0.719. The first-order valence-electron chi connectivity index (χ1n) is 6.45. The van der Waals surface area contributed by atoms with Crippen LogP contribution in [0.5, 0.6) is 0 Å². The third-order valence-corrected chi connectivity index (χ3v) is 6.09. The summed E-state index contributed by atoms with van der Waals surface area (Å²) in [7, 11) is 0. The van der Waals surface area contributed by atoms with Crippen LogP contribution in [0, 0.1) is 11.3 Å². The van der Waals surface area contributed by atoms with E-state index in [4.69, 9.17) is 0 Å². The molecule has 3 heteroatoms. The lowest BCUT2D eigenvalue weighted by molar-refractivity contribution is -0.112. The van der Waals surface area contributed by atoms with E-state index >= 15 is 0 Å². The molecule has 3 nitrogen and oxygen atoms in total. The molecule has 1 spiro atoms. The molecule has 3 rings (SSSR count).